The highest BCUT2D eigenvalue weighted by molar-refractivity contribution is 7.16. The third-order valence-corrected chi connectivity index (χ3v) is 5.56. The van der Waals surface area contributed by atoms with Gasteiger partial charge in [0.25, 0.3) is 0 Å². The van der Waals surface area contributed by atoms with Crippen LogP contribution in [0.15, 0.2) is 24.3 Å². The molecular weight excluding hydrogens is 336 g/mol. The number of nitrogen functional groups attached to an aromatic ring is 1. The lowest BCUT2D eigenvalue weighted by atomic mass is 10.0. The number of carbonyl (C=O) groups excluding carboxylic acids is 1. The molecule has 3 rings (SSSR count). The maximum absolute atomic E-state index is 12.1. The molecule has 134 valence electrons. The second kappa shape index (κ2) is 7.89. The van der Waals surface area contributed by atoms with Gasteiger partial charge in [-0.25, -0.2) is 4.79 Å². The molecule has 0 fully saturated rings. The number of fused-ring (bicyclic) bond motifs is 1. The Bertz CT molecular complexity index is 740. The lowest BCUT2D eigenvalue weighted by Gasteiger charge is -2.27. The minimum Gasteiger partial charge on any atom is -0.497 e. The van der Waals surface area contributed by atoms with Gasteiger partial charge in [0.05, 0.1) is 19.3 Å². The molecule has 0 bridgehead atoms. The molecule has 0 saturated heterocycles. The molecule has 5 nitrogen and oxygen atoms in total. The number of nitrogens with two attached hydrogens (primary N) is 1. The SMILES string of the molecule is CCOC(=O)c1c(N)sc2c1CCN(CCc1ccc(OC)cc1)C2. The smallest absolute Gasteiger partial charge is 0.341 e. The molecule has 2 heterocycles. The molecule has 0 aliphatic carbocycles. The van der Waals surface area contributed by atoms with E-state index in [1.54, 1.807) is 7.11 Å². The third kappa shape index (κ3) is 3.96. The predicted molar refractivity (Wildman–Crippen MR) is 100 cm³/mol. The fraction of sp³-hybridized carbons (Fsp3) is 0.421. The van der Waals surface area contributed by atoms with Crippen molar-refractivity contribution in [2.75, 3.05) is 32.5 Å². The summed E-state index contributed by atoms with van der Waals surface area (Å²) in [5, 5.41) is 0.584. The van der Waals surface area contributed by atoms with Crippen molar-refractivity contribution >= 4 is 22.3 Å². The normalized spacial score (nSPS) is 14.2. The first-order valence-electron chi connectivity index (χ1n) is 8.54. The molecule has 1 aliphatic heterocycles. The van der Waals surface area contributed by atoms with Crippen LogP contribution < -0.4 is 10.5 Å². The molecule has 2 N–H and O–H groups in total. The van der Waals surface area contributed by atoms with Gasteiger partial charge in [-0.05, 0) is 43.0 Å². The third-order valence-electron chi connectivity index (χ3n) is 4.52. The molecule has 0 spiro atoms. The average Bonchev–Trinajstić information content (AvgIpc) is 2.95. The number of anilines is 1. The summed E-state index contributed by atoms with van der Waals surface area (Å²) >= 11 is 1.52. The molecular formula is C19H24N2O3S. The molecule has 6 heteroatoms. The van der Waals surface area contributed by atoms with Gasteiger partial charge in [-0.2, -0.15) is 0 Å². The van der Waals surface area contributed by atoms with Crippen molar-refractivity contribution in [3.8, 4) is 5.75 Å². The van der Waals surface area contributed by atoms with Crippen LogP contribution in [0.3, 0.4) is 0 Å². The fourth-order valence-corrected chi connectivity index (χ4v) is 4.32. The molecule has 0 saturated carbocycles. The van der Waals surface area contributed by atoms with E-state index >= 15 is 0 Å². The van der Waals surface area contributed by atoms with E-state index in [2.05, 4.69) is 17.0 Å². The second-order valence-corrected chi connectivity index (χ2v) is 7.22. The summed E-state index contributed by atoms with van der Waals surface area (Å²) in [6.45, 7) is 4.95. The Hall–Kier alpha value is -2.05. The number of esters is 1. The first-order chi connectivity index (χ1) is 12.1. The monoisotopic (exact) mass is 360 g/mol. The number of nitrogens with zero attached hydrogens (tertiary/aromatic N) is 1. The molecule has 25 heavy (non-hydrogen) atoms. The van der Waals surface area contributed by atoms with Crippen LogP contribution in [-0.2, 0) is 24.1 Å². The maximum Gasteiger partial charge on any atom is 0.341 e. The molecule has 0 unspecified atom stereocenters. The van der Waals surface area contributed by atoms with Gasteiger partial charge in [-0.3, -0.25) is 4.90 Å². The number of hydrogen-bond donors (Lipinski definition) is 1. The van der Waals surface area contributed by atoms with Crippen molar-refractivity contribution in [2.24, 2.45) is 0 Å². The summed E-state index contributed by atoms with van der Waals surface area (Å²) in [5.41, 5.74) is 9.05. The largest absolute Gasteiger partial charge is 0.497 e. The maximum atomic E-state index is 12.1. The fourth-order valence-electron chi connectivity index (χ4n) is 3.18. The van der Waals surface area contributed by atoms with E-state index in [1.165, 1.54) is 21.8 Å². The molecule has 1 aromatic heterocycles. The van der Waals surface area contributed by atoms with E-state index in [0.29, 0.717) is 17.2 Å². The van der Waals surface area contributed by atoms with Gasteiger partial charge < -0.3 is 15.2 Å². The van der Waals surface area contributed by atoms with Crippen molar-refractivity contribution in [2.45, 2.75) is 26.3 Å². The molecule has 1 aromatic carbocycles. The van der Waals surface area contributed by atoms with Crippen LogP contribution in [0.4, 0.5) is 5.00 Å². The molecule has 0 radical (unpaired) electrons. The number of ether oxygens (including phenoxy) is 2. The zero-order chi connectivity index (χ0) is 17.8. The van der Waals surface area contributed by atoms with Crippen molar-refractivity contribution in [3.05, 3.63) is 45.8 Å². The highest BCUT2D eigenvalue weighted by atomic mass is 32.1. The Kier molecular flexibility index (Phi) is 5.60. The van der Waals surface area contributed by atoms with Crippen molar-refractivity contribution in [3.63, 3.8) is 0 Å². The highest BCUT2D eigenvalue weighted by Gasteiger charge is 2.27. The summed E-state index contributed by atoms with van der Waals surface area (Å²) in [5.74, 6) is 0.594. The van der Waals surface area contributed by atoms with Crippen molar-refractivity contribution in [1.82, 2.24) is 4.90 Å². The summed E-state index contributed by atoms with van der Waals surface area (Å²) in [6, 6.07) is 8.21. The topological polar surface area (TPSA) is 64.8 Å². The number of carbonyl (C=O) groups is 1. The van der Waals surface area contributed by atoms with Gasteiger partial charge in [0, 0.05) is 24.5 Å². The number of rotatable bonds is 6. The Morgan fingerprint density at radius 2 is 2.08 bits per heavy atom. The number of thiophene rings is 1. The lowest BCUT2D eigenvalue weighted by Crippen LogP contribution is -2.32. The van der Waals surface area contributed by atoms with Gasteiger partial charge in [0.15, 0.2) is 0 Å². The zero-order valence-electron chi connectivity index (χ0n) is 14.7. The zero-order valence-corrected chi connectivity index (χ0v) is 15.5. The Morgan fingerprint density at radius 1 is 1.32 bits per heavy atom. The first-order valence-corrected chi connectivity index (χ1v) is 9.36. The summed E-state index contributed by atoms with van der Waals surface area (Å²) in [4.78, 5) is 15.7. The van der Waals surface area contributed by atoms with Crippen LogP contribution in [0.25, 0.3) is 0 Å². The Labute approximate surface area is 152 Å². The number of methoxy groups -OCH3 is 1. The van der Waals surface area contributed by atoms with Crippen LogP contribution in [0.5, 0.6) is 5.75 Å². The van der Waals surface area contributed by atoms with Crippen LogP contribution in [0.2, 0.25) is 0 Å². The van der Waals surface area contributed by atoms with Crippen LogP contribution in [-0.4, -0.2) is 37.7 Å². The van der Waals surface area contributed by atoms with E-state index in [-0.39, 0.29) is 5.97 Å². The predicted octanol–water partition coefficient (Wildman–Crippen LogP) is 3.12. The molecule has 0 amide bonds. The van der Waals surface area contributed by atoms with Crippen LogP contribution in [0.1, 0.15) is 33.3 Å². The number of hydrogen-bond acceptors (Lipinski definition) is 6. The van der Waals surface area contributed by atoms with E-state index in [9.17, 15) is 4.79 Å². The lowest BCUT2D eigenvalue weighted by molar-refractivity contribution is 0.0526. The second-order valence-electron chi connectivity index (χ2n) is 6.09. The van der Waals surface area contributed by atoms with Crippen LogP contribution in [0, 0.1) is 0 Å². The summed E-state index contributed by atoms with van der Waals surface area (Å²) in [7, 11) is 1.68. The number of benzene rings is 1. The quantitative estimate of drug-likeness (QED) is 0.802. The van der Waals surface area contributed by atoms with Gasteiger partial charge >= 0.3 is 5.97 Å². The van der Waals surface area contributed by atoms with Crippen molar-refractivity contribution < 1.29 is 14.3 Å². The Balaban J connectivity index is 1.63. The van der Waals surface area contributed by atoms with Gasteiger partial charge in [-0.15, -0.1) is 11.3 Å². The minimum absolute atomic E-state index is 0.288. The molecule has 2 aromatic rings. The van der Waals surface area contributed by atoms with Crippen molar-refractivity contribution in [1.29, 1.82) is 0 Å². The standard InChI is InChI=1S/C19H24N2O3S/c1-3-24-19(22)17-15-9-11-21(12-16(15)25-18(17)20)10-8-13-4-6-14(23-2)7-5-13/h4-7H,3,8-12,20H2,1-2H3. The highest BCUT2D eigenvalue weighted by Crippen LogP contribution is 2.35. The Morgan fingerprint density at radius 3 is 2.76 bits per heavy atom. The first kappa shape index (κ1) is 17.8. The van der Waals surface area contributed by atoms with Gasteiger partial charge in [0.1, 0.15) is 10.8 Å². The van der Waals surface area contributed by atoms with Crippen LogP contribution >= 0.6 is 11.3 Å². The van der Waals surface area contributed by atoms with E-state index in [0.717, 1.165) is 43.8 Å². The average molecular weight is 360 g/mol. The molecule has 0 atom stereocenters. The minimum atomic E-state index is -0.288. The molecule has 1 aliphatic rings. The van der Waals surface area contributed by atoms with Gasteiger partial charge in [-0.1, -0.05) is 12.1 Å². The van der Waals surface area contributed by atoms with E-state index in [4.69, 9.17) is 15.2 Å². The summed E-state index contributed by atoms with van der Waals surface area (Å²) < 4.78 is 10.3. The van der Waals surface area contributed by atoms with E-state index < -0.39 is 0 Å². The van der Waals surface area contributed by atoms with E-state index in [1.807, 2.05) is 19.1 Å². The van der Waals surface area contributed by atoms with Gasteiger partial charge in [0.2, 0.25) is 0 Å². The summed E-state index contributed by atoms with van der Waals surface area (Å²) in [6.07, 6.45) is 1.84.